The molecule has 1 saturated carbocycles. The molecule has 3 rings (SSSR count). The maximum absolute atomic E-state index is 5.98. The maximum atomic E-state index is 5.98. The van der Waals surface area contributed by atoms with E-state index in [-0.39, 0.29) is 0 Å². The third-order valence-corrected chi connectivity index (χ3v) is 4.49. The lowest BCUT2D eigenvalue weighted by molar-refractivity contribution is 0.282. The predicted molar refractivity (Wildman–Crippen MR) is 96.3 cm³/mol. The first-order valence-corrected chi connectivity index (χ1v) is 8.60. The van der Waals surface area contributed by atoms with Crippen LogP contribution in [0, 0.1) is 3.57 Å². The van der Waals surface area contributed by atoms with E-state index >= 15 is 0 Å². The van der Waals surface area contributed by atoms with E-state index in [1.54, 1.807) is 7.11 Å². The molecule has 0 radical (unpaired) electrons. The van der Waals surface area contributed by atoms with Crippen molar-refractivity contribution in [2.24, 2.45) is 0 Å². The monoisotopic (exact) mass is 409 g/mol. The number of ether oxygens (including phenoxy) is 2. The van der Waals surface area contributed by atoms with Gasteiger partial charge in [-0.1, -0.05) is 30.3 Å². The van der Waals surface area contributed by atoms with Crippen LogP contribution in [0.1, 0.15) is 24.0 Å². The average molecular weight is 409 g/mol. The van der Waals surface area contributed by atoms with Gasteiger partial charge in [0, 0.05) is 12.6 Å². The van der Waals surface area contributed by atoms with Gasteiger partial charge in [-0.05, 0) is 58.7 Å². The van der Waals surface area contributed by atoms with E-state index < -0.39 is 0 Å². The van der Waals surface area contributed by atoms with E-state index in [0.29, 0.717) is 12.6 Å². The highest BCUT2D eigenvalue weighted by molar-refractivity contribution is 14.1. The molecule has 3 nitrogen and oxygen atoms in total. The first-order chi connectivity index (χ1) is 10.8. The minimum Gasteiger partial charge on any atom is -0.493 e. The molecule has 2 aromatic rings. The average Bonchev–Trinajstić information content (AvgIpc) is 3.36. The molecular weight excluding hydrogens is 389 g/mol. The minimum absolute atomic E-state index is 0.548. The highest BCUT2D eigenvalue weighted by Gasteiger charge is 2.20. The van der Waals surface area contributed by atoms with E-state index in [2.05, 4.69) is 52.2 Å². The Kier molecular flexibility index (Phi) is 5.20. The molecule has 1 N–H and O–H groups in total. The summed E-state index contributed by atoms with van der Waals surface area (Å²) < 4.78 is 12.6. The van der Waals surface area contributed by atoms with Crippen molar-refractivity contribution < 1.29 is 9.47 Å². The second kappa shape index (κ2) is 7.33. The van der Waals surface area contributed by atoms with Crippen LogP contribution in [0.5, 0.6) is 11.5 Å². The van der Waals surface area contributed by atoms with Gasteiger partial charge in [0.2, 0.25) is 0 Å². The summed E-state index contributed by atoms with van der Waals surface area (Å²) in [6, 6.07) is 15.1. The van der Waals surface area contributed by atoms with Crippen LogP contribution in [0.15, 0.2) is 42.5 Å². The van der Waals surface area contributed by atoms with Crippen LogP contribution < -0.4 is 14.8 Å². The summed E-state index contributed by atoms with van der Waals surface area (Å²) in [7, 11) is 1.69. The smallest absolute Gasteiger partial charge is 0.174 e. The molecule has 0 atom stereocenters. The number of benzene rings is 2. The molecule has 1 aliphatic rings. The predicted octanol–water partition coefficient (Wildman–Crippen LogP) is 4.13. The van der Waals surface area contributed by atoms with Gasteiger partial charge in [-0.25, -0.2) is 0 Å². The summed E-state index contributed by atoms with van der Waals surface area (Å²) in [5.74, 6) is 1.62. The van der Waals surface area contributed by atoms with Crippen LogP contribution in [0.2, 0.25) is 0 Å². The van der Waals surface area contributed by atoms with Gasteiger partial charge in [0.1, 0.15) is 6.61 Å². The van der Waals surface area contributed by atoms with Crippen LogP contribution in [-0.4, -0.2) is 13.2 Å². The molecular formula is C18H20INO2. The molecule has 0 aromatic heterocycles. The van der Waals surface area contributed by atoms with Gasteiger partial charge in [0.15, 0.2) is 11.5 Å². The van der Waals surface area contributed by atoms with Crippen molar-refractivity contribution in [3.05, 3.63) is 57.2 Å². The first kappa shape index (κ1) is 15.6. The zero-order valence-electron chi connectivity index (χ0n) is 12.6. The van der Waals surface area contributed by atoms with Gasteiger partial charge in [-0.3, -0.25) is 0 Å². The standard InChI is InChI=1S/C18H20INO2/c1-21-17-10-14(11-20-15-7-8-15)9-16(19)18(17)22-12-13-5-3-2-4-6-13/h2-6,9-10,15,20H,7-8,11-12H2,1H3. The number of methoxy groups -OCH3 is 1. The lowest BCUT2D eigenvalue weighted by atomic mass is 10.2. The molecule has 4 heteroatoms. The second-order valence-corrected chi connectivity index (χ2v) is 6.70. The van der Waals surface area contributed by atoms with Crippen molar-refractivity contribution in [1.82, 2.24) is 5.32 Å². The Morgan fingerprint density at radius 1 is 1.14 bits per heavy atom. The molecule has 0 spiro atoms. The molecule has 116 valence electrons. The van der Waals surface area contributed by atoms with E-state index in [0.717, 1.165) is 27.2 Å². The highest BCUT2D eigenvalue weighted by Crippen LogP contribution is 2.34. The molecule has 0 heterocycles. The number of rotatable bonds is 7. The van der Waals surface area contributed by atoms with Gasteiger partial charge < -0.3 is 14.8 Å². The van der Waals surface area contributed by atoms with E-state index in [9.17, 15) is 0 Å². The van der Waals surface area contributed by atoms with Gasteiger partial charge in [0.05, 0.1) is 10.7 Å². The summed E-state index contributed by atoms with van der Waals surface area (Å²) in [6.45, 7) is 1.43. The molecule has 1 fully saturated rings. The molecule has 0 saturated heterocycles. The number of hydrogen-bond acceptors (Lipinski definition) is 3. The SMILES string of the molecule is COc1cc(CNC2CC2)cc(I)c1OCc1ccccc1. The van der Waals surface area contributed by atoms with Gasteiger partial charge in [-0.2, -0.15) is 0 Å². The lowest BCUT2D eigenvalue weighted by Gasteiger charge is -2.15. The van der Waals surface area contributed by atoms with Crippen molar-refractivity contribution in [3.63, 3.8) is 0 Å². The van der Waals surface area contributed by atoms with E-state index in [1.807, 2.05) is 18.2 Å². The van der Waals surface area contributed by atoms with Gasteiger partial charge in [-0.15, -0.1) is 0 Å². The third-order valence-electron chi connectivity index (χ3n) is 3.69. The van der Waals surface area contributed by atoms with E-state index in [1.165, 1.54) is 18.4 Å². The van der Waals surface area contributed by atoms with Gasteiger partial charge in [0.25, 0.3) is 0 Å². The summed E-state index contributed by atoms with van der Waals surface area (Å²) >= 11 is 2.32. The van der Waals surface area contributed by atoms with Crippen molar-refractivity contribution in [3.8, 4) is 11.5 Å². The van der Waals surface area contributed by atoms with Crippen molar-refractivity contribution in [2.75, 3.05) is 7.11 Å². The fourth-order valence-electron chi connectivity index (χ4n) is 2.29. The number of nitrogens with one attached hydrogen (secondary N) is 1. The minimum atomic E-state index is 0.548. The topological polar surface area (TPSA) is 30.5 Å². The van der Waals surface area contributed by atoms with Crippen molar-refractivity contribution >= 4 is 22.6 Å². The lowest BCUT2D eigenvalue weighted by Crippen LogP contribution is -2.15. The Labute approximate surface area is 145 Å². The molecule has 22 heavy (non-hydrogen) atoms. The molecule has 0 unspecified atom stereocenters. The number of hydrogen-bond donors (Lipinski definition) is 1. The molecule has 1 aliphatic carbocycles. The Bertz CT molecular complexity index is 626. The second-order valence-electron chi connectivity index (χ2n) is 5.54. The zero-order valence-corrected chi connectivity index (χ0v) is 14.8. The van der Waals surface area contributed by atoms with Crippen LogP contribution >= 0.6 is 22.6 Å². The molecule has 0 bridgehead atoms. The fourth-order valence-corrected chi connectivity index (χ4v) is 3.12. The van der Waals surface area contributed by atoms with Crippen LogP contribution in [0.3, 0.4) is 0 Å². The Balaban J connectivity index is 1.71. The fraction of sp³-hybridized carbons (Fsp3) is 0.333. The van der Waals surface area contributed by atoms with E-state index in [4.69, 9.17) is 9.47 Å². The molecule has 0 aliphatic heterocycles. The maximum Gasteiger partial charge on any atom is 0.174 e. The van der Waals surface area contributed by atoms with Crippen LogP contribution in [0.4, 0.5) is 0 Å². The molecule has 0 amide bonds. The summed E-state index contributed by atoms with van der Waals surface area (Å²) in [5, 5.41) is 3.53. The number of halogens is 1. The quantitative estimate of drug-likeness (QED) is 0.698. The largest absolute Gasteiger partial charge is 0.493 e. The van der Waals surface area contributed by atoms with Crippen molar-refractivity contribution in [2.45, 2.75) is 32.0 Å². The van der Waals surface area contributed by atoms with Crippen LogP contribution in [0.25, 0.3) is 0 Å². The summed E-state index contributed by atoms with van der Waals surface area (Å²) in [6.07, 6.45) is 2.60. The normalized spacial score (nSPS) is 13.9. The van der Waals surface area contributed by atoms with Gasteiger partial charge >= 0.3 is 0 Å². The summed E-state index contributed by atoms with van der Waals surface area (Å²) in [4.78, 5) is 0. The Morgan fingerprint density at radius 2 is 1.91 bits per heavy atom. The molecule has 2 aromatic carbocycles. The van der Waals surface area contributed by atoms with Crippen LogP contribution in [-0.2, 0) is 13.2 Å². The third kappa shape index (κ3) is 4.14. The Morgan fingerprint density at radius 3 is 2.59 bits per heavy atom. The van der Waals surface area contributed by atoms with Crippen molar-refractivity contribution in [1.29, 1.82) is 0 Å². The zero-order chi connectivity index (χ0) is 15.4. The Hall–Kier alpha value is -1.27. The summed E-state index contributed by atoms with van der Waals surface area (Å²) in [5.41, 5.74) is 2.39. The first-order valence-electron chi connectivity index (χ1n) is 7.53. The highest BCUT2D eigenvalue weighted by atomic mass is 127.